The standard InChI is InChI=1S/C27H25Cl2N3O5/c1-36-23-6-2-17(3-7-23)14-30-27(35)18-10-26(34)32(15-18)22-4-8-24(9-5-22)37-16-25(33)31-21-12-19(28)11-20(29)13-21/h2-9,11-13,18H,10,14-16H2,1H3,(H,30,35)(H,31,33)/t18-/m0/s1. The molecule has 0 aliphatic carbocycles. The van der Waals surface area contributed by atoms with Gasteiger partial charge in [0.2, 0.25) is 11.8 Å². The topological polar surface area (TPSA) is 97.0 Å². The summed E-state index contributed by atoms with van der Waals surface area (Å²) in [5.41, 5.74) is 2.06. The first-order valence-electron chi connectivity index (χ1n) is 11.5. The average Bonchev–Trinajstić information content (AvgIpc) is 3.27. The number of anilines is 2. The molecule has 3 aromatic carbocycles. The largest absolute Gasteiger partial charge is 0.497 e. The summed E-state index contributed by atoms with van der Waals surface area (Å²) < 4.78 is 10.7. The van der Waals surface area contributed by atoms with Crippen molar-refractivity contribution in [2.75, 3.05) is 30.5 Å². The first-order valence-corrected chi connectivity index (χ1v) is 12.3. The number of methoxy groups -OCH3 is 1. The van der Waals surface area contributed by atoms with E-state index in [-0.39, 0.29) is 37.3 Å². The van der Waals surface area contributed by atoms with Crippen molar-refractivity contribution in [3.8, 4) is 11.5 Å². The van der Waals surface area contributed by atoms with E-state index >= 15 is 0 Å². The van der Waals surface area contributed by atoms with E-state index in [0.29, 0.717) is 33.7 Å². The van der Waals surface area contributed by atoms with Crippen molar-refractivity contribution in [1.29, 1.82) is 0 Å². The number of amides is 3. The fourth-order valence-electron chi connectivity index (χ4n) is 3.90. The predicted molar refractivity (Wildman–Crippen MR) is 142 cm³/mol. The van der Waals surface area contributed by atoms with Crippen molar-refractivity contribution >= 4 is 52.3 Å². The Labute approximate surface area is 224 Å². The molecule has 4 rings (SSSR count). The number of nitrogens with one attached hydrogen (secondary N) is 2. The third-order valence-electron chi connectivity index (χ3n) is 5.79. The zero-order chi connectivity index (χ0) is 26.4. The lowest BCUT2D eigenvalue weighted by atomic mass is 10.1. The second kappa shape index (κ2) is 12.0. The Hall–Kier alpha value is -3.75. The van der Waals surface area contributed by atoms with E-state index in [1.54, 1.807) is 54.5 Å². The number of hydrogen-bond acceptors (Lipinski definition) is 5. The normalized spacial score (nSPS) is 14.8. The molecule has 1 atom stereocenters. The van der Waals surface area contributed by atoms with Crippen LogP contribution in [0.5, 0.6) is 11.5 Å². The van der Waals surface area contributed by atoms with Gasteiger partial charge in [0.15, 0.2) is 6.61 Å². The molecule has 0 saturated carbocycles. The van der Waals surface area contributed by atoms with Gasteiger partial charge < -0.3 is 25.0 Å². The Bertz CT molecular complexity index is 1260. The van der Waals surface area contributed by atoms with Crippen LogP contribution in [0, 0.1) is 5.92 Å². The first-order chi connectivity index (χ1) is 17.8. The number of carbonyl (C=O) groups excluding carboxylic acids is 3. The lowest BCUT2D eigenvalue weighted by molar-refractivity contribution is -0.126. The molecule has 1 heterocycles. The summed E-state index contributed by atoms with van der Waals surface area (Å²) in [5.74, 6) is 0.0978. The smallest absolute Gasteiger partial charge is 0.262 e. The van der Waals surface area contributed by atoms with Crippen molar-refractivity contribution in [3.63, 3.8) is 0 Å². The van der Waals surface area contributed by atoms with E-state index in [1.165, 1.54) is 0 Å². The maximum Gasteiger partial charge on any atom is 0.262 e. The molecule has 192 valence electrons. The highest BCUT2D eigenvalue weighted by atomic mass is 35.5. The third-order valence-corrected chi connectivity index (χ3v) is 6.22. The van der Waals surface area contributed by atoms with Gasteiger partial charge in [0.25, 0.3) is 5.91 Å². The molecule has 1 saturated heterocycles. The Balaban J connectivity index is 1.26. The van der Waals surface area contributed by atoms with Crippen LogP contribution in [0.1, 0.15) is 12.0 Å². The first kappa shape index (κ1) is 26.3. The van der Waals surface area contributed by atoms with Gasteiger partial charge in [-0.3, -0.25) is 14.4 Å². The highest BCUT2D eigenvalue weighted by Gasteiger charge is 2.35. The molecule has 1 fully saturated rings. The van der Waals surface area contributed by atoms with Crippen LogP contribution in [0.15, 0.2) is 66.7 Å². The number of ether oxygens (including phenoxy) is 2. The highest BCUT2D eigenvalue weighted by Crippen LogP contribution is 2.27. The van der Waals surface area contributed by atoms with Gasteiger partial charge in [-0.25, -0.2) is 0 Å². The molecule has 0 aromatic heterocycles. The van der Waals surface area contributed by atoms with E-state index in [1.807, 2.05) is 24.3 Å². The van der Waals surface area contributed by atoms with Gasteiger partial charge in [0.05, 0.1) is 13.0 Å². The van der Waals surface area contributed by atoms with Crippen LogP contribution in [-0.4, -0.2) is 38.0 Å². The van der Waals surface area contributed by atoms with E-state index < -0.39 is 5.92 Å². The molecule has 0 bridgehead atoms. The lowest BCUT2D eigenvalue weighted by Crippen LogP contribution is -2.32. The summed E-state index contributed by atoms with van der Waals surface area (Å²) in [6.45, 7) is 0.443. The molecule has 1 aliphatic rings. The van der Waals surface area contributed by atoms with Gasteiger partial charge in [-0.15, -0.1) is 0 Å². The molecule has 3 aromatic rings. The van der Waals surface area contributed by atoms with Gasteiger partial charge in [-0.05, 0) is 60.2 Å². The van der Waals surface area contributed by atoms with E-state index in [0.717, 1.165) is 11.3 Å². The maximum atomic E-state index is 12.6. The zero-order valence-electron chi connectivity index (χ0n) is 20.0. The summed E-state index contributed by atoms with van der Waals surface area (Å²) in [6, 6.07) is 18.9. The fraction of sp³-hybridized carbons (Fsp3) is 0.222. The number of nitrogens with zero attached hydrogens (tertiary/aromatic N) is 1. The van der Waals surface area contributed by atoms with Crippen molar-refractivity contribution in [3.05, 3.63) is 82.3 Å². The minimum absolute atomic E-state index is 0.127. The molecule has 0 spiro atoms. The van der Waals surface area contributed by atoms with Gasteiger partial charge in [-0.2, -0.15) is 0 Å². The third kappa shape index (κ3) is 7.15. The van der Waals surface area contributed by atoms with Crippen molar-refractivity contribution in [1.82, 2.24) is 5.32 Å². The summed E-state index contributed by atoms with van der Waals surface area (Å²) >= 11 is 11.9. The van der Waals surface area contributed by atoms with Crippen LogP contribution < -0.4 is 25.0 Å². The van der Waals surface area contributed by atoms with E-state index in [4.69, 9.17) is 32.7 Å². The number of benzene rings is 3. The summed E-state index contributed by atoms with van der Waals surface area (Å²) in [7, 11) is 1.60. The highest BCUT2D eigenvalue weighted by molar-refractivity contribution is 6.35. The number of rotatable bonds is 9. The van der Waals surface area contributed by atoms with Crippen molar-refractivity contribution < 1.29 is 23.9 Å². The van der Waals surface area contributed by atoms with E-state index in [2.05, 4.69) is 10.6 Å². The summed E-state index contributed by atoms with van der Waals surface area (Å²) in [5, 5.41) is 6.39. The molecule has 2 N–H and O–H groups in total. The molecule has 0 unspecified atom stereocenters. The predicted octanol–water partition coefficient (Wildman–Crippen LogP) is 4.69. The van der Waals surface area contributed by atoms with Crippen molar-refractivity contribution in [2.24, 2.45) is 5.92 Å². The lowest BCUT2D eigenvalue weighted by Gasteiger charge is -2.17. The zero-order valence-corrected chi connectivity index (χ0v) is 21.5. The molecule has 3 amide bonds. The van der Waals surface area contributed by atoms with Gasteiger partial charge in [0.1, 0.15) is 11.5 Å². The SMILES string of the molecule is COc1ccc(CNC(=O)[C@H]2CC(=O)N(c3ccc(OCC(=O)Nc4cc(Cl)cc(Cl)c4)cc3)C2)cc1. The van der Waals surface area contributed by atoms with Gasteiger partial charge >= 0.3 is 0 Å². The maximum absolute atomic E-state index is 12.6. The van der Waals surface area contributed by atoms with E-state index in [9.17, 15) is 14.4 Å². The second-order valence-corrected chi connectivity index (χ2v) is 9.33. The van der Waals surface area contributed by atoms with Gasteiger partial charge in [-0.1, -0.05) is 35.3 Å². The average molecular weight is 542 g/mol. The number of halogens is 2. The quantitative estimate of drug-likeness (QED) is 0.409. The molecule has 8 nitrogen and oxygen atoms in total. The van der Waals surface area contributed by atoms with Crippen LogP contribution in [0.4, 0.5) is 11.4 Å². The summed E-state index contributed by atoms with van der Waals surface area (Å²) in [6.07, 6.45) is 0.139. The van der Waals surface area contributed by atoms with Crippen LogP contribution in [-0.2, 0) is 20.9 Å². The summed E-state index contributed by atoms with van der Waals surface area (Å²) in [4.78, 5) is 39.0. The molecular formula is C27H25Cl2N3O5. The molecule has 37 heavy (non-hydrogen) atoms. The molecule has 0 radical (unpaired) electrons. The Morgan fingerprint density at radius 3 is 2.27 bits per heavy atom. The molecular weight excluding hydrogens is 517 g/mol. The van der Waals surface area contributed by atoms with Crippen molar-refractivity contribution in [2.45, 2.75) is 13.0 Å². The fourth-order valence-corrected chi connectivity index (χ4v) is 4.43. The minimum Gasteiger partial charge on any atom is -0.497 e. The van der Waals surface area contributed by atoms with Crippen LogP contribution >= 0.6 is 23.2 Å². The van der Waals surface area contributed by atoms with Crippen LogP contribution in [0.3, 0.4) is 0 Å². The van der Waals surface area contributed by atoms with Crippen LogP contribution in [0.25, 0.3) is 0 Å². The molecule has 1 aliphatic heterocycles. The Kier molecular flexibility index (Phi) is 8.53. The van der Waals surface area contributed by atoms with Crippen LogP contribution in [0.2, 0.25) is 10.0 Å². The second-order valence-electron chi connectivity index (χ2n) is 8.46. The number of carbonyl (C=O) groups is 3. The Morgan fingerprint density at radius 1 is 0.973 bits per heavy atom. The molecule has 10 heteroatoms. The van der Waals surface area contributed by atoms with Gasteiger partial charge in [0, 0.05) is 40.9 Å². The monoisotopic (exact) mass is 541 g/mol. The minimum atomic E-state index is -0.439. The Morgan fingerprint density at radius 2 is 1.62 bits per heavy atom. The number of hydrogen-bond donors (Lipinski definition) is 2.